The van der Waals surface area contributed by atoms with Gasteiger partial charge in [0.25, 0.3) is 6.43 Å². The summed E-state index contributed by atoms with van der Waals surface area (Å²) in [5.41, 5.74) is 5.30. The Balaban J connectivity index is 3.33. The van der Waals surface area contributed by atoms with Gasteiger partial charge in [0.15, 0.2) is 0 Å². The van der Waals surface area contributed by atoms with Gasteiger partial charge in [-0.2, -0.15) is 0 Å². The normalized spacial score (nSPS) is 10.7. The molecule has 3 nitrogen and oxygen atoms in total. The number of nitrogens with zero attached hydrogens (tertiary/aromatic N) is 1. The Bertz CT molecular complexity index is 308. The van der Waals surface area contributed by atoms with Crippen LogP contribution in [0.3, 0.4) is 0 Å². The molecule has 0 aliphatic heterocycles. The molecule has 0 aromatic carbocycles. The summed E-state index contributed by atoms with van der Waals surface area (Å²) in [5, 5.41) is 0. The van der Waals surface area contributed by atoms with Crippen molar-refractivity contribution in [3.8, 4) is 5.75 Å². The van der Waals surface area contributed by atoms with Crippen molar-refractivity contribution in [2.75, 3.05) is 7.11 Å². The van der Waals surface area contributed by atoms with Crippen LogP contribution in [0.5, 0.6) is 5.75 Å². The molecular weight excluding hydrogens is 305 g/mol. The minimum atomic E-state index is -2.62. The number of ether oxygens (including phenoxy) is 1. The second-order valence-corrected chi connectivity index (χ2v) is 3.62. The first-order valence-corrected chi connectivity index (χ1v) is 4.89. The molecule has 0 atom stereocenters. The number of aromatic nitrogens is 1. The summed E-state index contributed by atoms with van der Waals surface area (Å²) < 4.78 is 30.7. The van der Waals surface area contributed by atoms with Crippen LogP contribution in [0.15, 0.2) is 6.07 Å². The van der Waals surface area contributed by atoms with Crippen molar-refractivity contribution >= 4 is 22.6 Å². The van der Waals surface area contributed by atoms with E-state index in [1.54, 1.807) is 0 Å². The second-order valence-electron chi connectivity index (χ2n) is 2.51. The van der Waals surface area contributed by atoms with Crippen LogP contribution in [0.2, 0.25) is 0 Å². The molecular formula is C8H9F2IN2O. The lowest BCUT2D eigenvalue weighted by atomic mass is 10.2. The first-order valence-electron chi connectivity index (χ1n) is 3.81. The smallest absolute Gasteiger partial charge is 0.269 e. The number of nitrogens with two attached hydrogens (primary N) is 1. The number of halogens is 3. The molecule has 2 N–H and O–H groups in total. The topological polar surface area (TPSA) is 48.1 Å². The fourth-order valence-corrected chi connectivity index (χ4v) is 1.68. The van der Waals surface area contributed by atoms with Crippen LogP contribution in [0.1, 0.15) is 17.7 Å². The quantitative estimate of drug-likeness (QED) is 0.686. The number of rotatable bonds is 3. The highest BCUT2D eigenvalue weighted by Crippen LogP contribution is 2.32. The summed E-state index contributed by atoms with van der Waals surface area (Å²) in [7, 11) is 1.34. The summed E-state index contributed by atoms with van der Waals surface area (Å²) in [5.74, 6) is 0.139. The van der Waals surface area contributed by atoms with Gasteiger partial charge in [-0.05, 0) is 22.6 Å². The van der Waals surface area contributed by atoms with Crippen LogP contribution < -0.4 is 10.5 Å². The number of methoxy groups -OCH3 is 1. The van der Waals surface area contributed by atoms with Crippen LogP contribution in [-0.4, -0.2) is 12.1 Å². The van der Waals surface area contributed by atoms with Crippen LogP contribution in [0, 0.1) is 3.70 Å². The van der Waals surface area contributed by atoms with Gasteiger partial charge in [-0.3, -0.25) is 0 Å². The summed E-state index contributed by atoms with van der Waals surface area (Å²) >= 11 is 1.93. The lowest BCUT2D eigenvalue weighted by Crippen LogP contribution is -2.08. The molecule has 14 heavy (non-hydrogen) atoms. The summed E-state index contributed by atoms with van der Waals surface area (Å²) in [6.45, 7) is -0.0210. The van der Waals surface area contributed by atoms with E-state index in [-0.39, 0.29) is 23.6 Å². The maximum atomic E-state index is 12.6. The molecule has 0 radical (unpaired) electrons. The Morgan fingerprint density at radius 2 is 2.29 bits per heavy atom. The van der Waals surface area contributed by atoms with Crippen LogP contribution in [0.25, 0.3) is 0 Å². The molecule has 0 unspecified atom stereocenters. The second kappa shape index (κ2) is 4.83. The van der Waals surface area contributed by atoms with Gasteiger partial charge < -0.3 is 10.5 Å². The highest BCUT2D eigenvalue weighted by molar-refractivity contribution is 14.1. The molecule has 6 heteroatoms. The van der Waals surface area contributed by atoms with Crippen molar-refractivity contribution in [2.24, 2.45) is 5.73 Å². The summed E-state index contributed by atoms with van der Waals surface area (Å²) in [6.07, 6.45) is -2.62. The minimum absolute atomic E-state index is 0.0210. The Hall–Kier alpha value is -0.500. The Kier molecular flexibility index (Phi) is 3.99. The molecule has 1 aromatic heterocycles. The fraction of sp³-hybridized carbons (Fsp3) is 0.375. The third-order valence-electron chi connectivity index (χ3n) is 1.70. The lowest BCUT2D eigenvalue weighted by Gasteiger charge is -2.11. The molecule has 1 rings (SSSR count). The summed E-state index contributed by atoms with van der Waals surface area (Å²) in [6, 6.07) is 1.46. The highest BCUT2D eigenvalue weighted by atomic mass is 127. The average molecular weight is 314 g/mol. The third kappa shape index (κ3) is 2.30. The van der Waals surface area contributed by atoms with Gasteiger partial charge in [0.05, 0.1) is 18.4 Å². The van der Waals surface area contributed by atoms with Crippen molar-refractivity contribution in [2.45, 2.75) is 13.0 Å². The zero-order chi connectivity index (χ0) is 10.7. The van der Waals surface area contributed by atoms with Gasteiger partial charge in [-0.25, -0.2) is 13.8 Å². The molecule has 78 valence electrons. The molecule has 0 aliphatic carbocycles. The molecule has 0 saturated carbocycles. The standard InChI is InChI=1S/C8H9F2IN2O/c1-14-5-2-6(11)13-4(3-12)7(5)8(9)10/h2,8H,3,12H2,1H3. The largest absolute Gasteiger partial charge is 0.496 e. The first-order chi connectivity index (χ1) is 6.60. The van der Waals surface area contributed by atoms with E-state index in [0.29, 0.717) is 3.70 Å². The van der Waals surface area contributed by atoms with Crippen molar-refractivity contribution in [3.63, 3.8) is 0 Å². The van der Waals surface area contributed by atoms with E-state index < -0.39 is 6.43 Å². The van der Waals surface area contributed by atoms with E-state index in [1.807, 2.05) is 22.6 Å². The highest BCUT2D eigenvalue weighted by Gasteiger charge is 2.20. The number of hydrogen-bond donors (Lipinski definition) is 1. The number of pyridine rings is 1. The fourth-order valence-electron chi connectivity index (χ4n) is 1.11. The van der Waals surface area contributed by atoms with Gasteiger partial charge in [0.2, 0.25) is 0 Å². The molecule has 0 bridgehead atoms. The number of alkyl halides is 2. The summed E-state index contributed by atoms with van der Waals surface area (Å²) in [4.78, 5) is 3.92. The first kappa shape index (κ1) is 11.6. The van der Waals surface area contributed by atoms with E-state index in [0.717, 1.165) is 0 Å². The average Bonchev–Trinajstić information content (AvgIpc) is 2.15. The minimum Gasteiger partial charge on any atom is -0.496 e. The predicted molar refractivity (Wildman–Crippen MR) is 56.4 cm³/mol. The Labute approximate surface area is 93.8 Å². The van der Waals surface area contributed by atoms with Crippen LogP contribution in [-0.2, 0) is 6.54 Å². The van der Waals surface area contributed by atoms with E-state index in [4.69, 9.17) is 10.5 Å². The monoisotopic (exact) mass is 314 g/mol. The van der Waals surface area contributed by atoms with Gasteiger partial charge in [0.1, 0.15) is 9.45 Å². The van der Waals surface area contributed by atoms with Crippen molar-refractivity contribution in [1.29, 1.82) is 0 Å². The molecule has 0 amide bonds. The Morgan fingerprint density at radius 3 is 2.71 bits per heavy atom. The van der Waals surface area contributed by atoms with Crippen molar-refractivity contribution in [1.82, 2.24) is 4.98 Å². The zero-order valence-electron chi connectivity index (χ0n) is 7.43. The Morgan fingerprint density at radius 1 is 1.64 bits per heavy atom. The third-order valence-corrected chi connectivity index (χ3v) is 2.25. The zero-order valence-corrected chi connectivity index (χ0v) is 9.59. The number of hydrogen-bond acceptors (Lipinski definition) is 3. The van der Waals surface area contributed by atoms with Gasteiger partial charge in [0, 0.05) is 12.6 Å². The molecule has 0 aliphatic rings. The van der Waals surface area contributed by atoms with Gasteiger partial charge in [-0.1, -0.05) is 0 Å². The van der Waals surface area contributed by atoms with E-state index in [2.05, 4.69) is 4.98 Å². The predicted octanol–water partition coefficient (Wildman–Crippen LogP) is 2.09. The van der Waals surface area contributed by atoms with E-state index >= 15 is 0 Å². The SMILES string of the molecule is COc1cc(I)nc(CN)c1C(F)F. The maximum Gasteiger partial charge on any atom is 0.269 e. The molecule has 0 spiro atoms. The molecule has 0 saturated heterocycles. The van der Waals surface area contributed by atoms with Crippen molar-refractivity contribution < 1.29 is 13.5 Å². The van der Waals surface area contributed by atoms with E-state index in [9.17, 15) is 8.78 Å². The van der Waals surface area contributed by atoms with Gasteiger partial charge in [-0.15, -0.1) is 0 Å². The van der Waals surface area contributed by atoms with E-state index in [1.165, 1.54) is 13.2 Å². The van der Waals surface area contributed by atoms with Crippen LogP contribution in [0.4, 0.5) is 8.78 Å². The molecule has 0 fully saturated rings. The van der Waals surface area contributed by atoms with Gasteiger partial charge >= 0.3 is 0 Å². The maximum absolute atomic E-state index is 12.6. The van der Waals surface area contributed by atoms with Crippen LogP contribution >= 0.6 is 22.6 Å². The van der Waals surface area contributed by atoms with Crippen molar-refractivity contribution in [3.05, 3.63) is 21.0 Å². The lowest BCUT2D eigenvalue weighted by molar-refractivity contribution is 0.145. The molecule has 1 heterocycles. The molecule has 1 aromatic rings.